The highest BCUT2D eigenvalue weighted by atomic mass is 15.0. The van der Waals surface area contributed by atoms with Crippen molar-refractivity contribution in [3.63, 3.8) is 0 Å². The number of aromatic nitrogens is 3. The number of rotatable bonds is 7. The molecule has 9 aromatic rings. The Labute approximate surface area is 321 Å². The molecule has 0 fully saturated rings. The first kappa shape index (κ1) is 32.4. The largest absolute Gasteiger partial charge is 0.208 e. The molecule has 8 aromatic carbocycles. The fraction of sp³-hybridized carbons (Fsp3) is 0.0192. The second-order valence-electron chi connectivity index (χ2n) is 13.9. The predicted octanol–water partition coefficient (Wildman–Crippen LogP) is 12.6. The van der Waals surface area contributed by atoms with Crippen LogP contribution in [0.3, 0.4) is 0 Å². The average molecular weight is 702 g/mol. The van der Waals surface area contributed by atoms with Crippen LogP contribution in [0.1, 0.15) is 22.3 Å². The number of benzene rings is 8. The summed E-state index contributed by atoms with van der Waals surface area (Å²) in [4.78, 5) is 15.6. The van der Waals surface area contributed by atoms with Crippen molar-refractivity contribution in [1.82, 2.24) is 15.0 Å². The lowest BCUT2D eigenvalue weighted by molar-refractivity contribution is 0.768. The highest BCUT2D eigenvalue weighted by molar-refractivity contribution is 5.94. The van der Waals surface area contributed by atoms with Gasteiger partial charge in [-0.2, -0.15) is 0 Å². The second kappa shape index (κ2) is 13.6. The molecule has 0 spiro atoms. The average Bonchev–Trinajstić information content (AvgIpc) is 3.59. The minimum absolute atomic E-state index is 0.516. The molecule has 0 radical (unpaired) electrons. The summed E-state index contributed by atoms with van der Waals surface area (Å²) in [5.41, 5.74) is 14.3. The van der Waals surface area contributed by atoms with Gasteiger partial charge in [-0.05, 0) is 55.6 Å². The molecule has 1 heterocycles. The molecule has 0 saturated heterocycles. The van der Waals surface area contributed by atoms with Crippen LogP contribution in [-0.2, 0) is 5.41 Å². The van der Waals surface area contributed by atoms with E-state index in [0.717, 1.165) is 33.4 Å². The van der Waals surface area contributed by atoms with E-state index in [1.807, 2.05) is 24.3 Å². The number of hydrogen-bond donors (Lipinski definition) is 0. The van der Waals surface area contributed by atoms with Gasteiger partial charge in [0, 0.05) is 16.7 Å². The maximum atomic E-state index is 5.27. The van der Waals surface area contributed by atoms with E-state index in [-0.39, 0.29) is 0 Å². The van der Waals surface area contributed by atoms with Crippen molar-refractivity contribution in [3.8, 4) is 67.5 Å². The van der Waals surface area contributed by atoms with Crippen LogP contribution in [0.25, 0.3) is 67.5 Å². The highest BCUT2D eigenvalue weighted by Crippen LogP contribution is 2.58. The molecule has 55 heavy (non-hydrogen) atoms. The van der Waals surface area contributed by atoms with Gasteiger partial charge in [-0.1, -0.05) is 212 Å². The molecule has 1 aliphatic rings. The van der Waals surface area contributed by atoms with E-state index >= 15 is 0 Å². The first-order chi connectivity index (χ1) is 27.3. The fourth-order valence-corrected chi connectivity index (χ4v) is 8.32. The highest BCUT2D eigenvalue weighted by Gasteiger charge is 2.47. The molecule has 1 aliphatic carbocycles. The molecule has 1 aromatic heterocycles. The normalized spacial score (nSPS) is 12.5. The maximum Gasteiger partial charge on any atom is 0.164 e. The molecule has 258 valence electrons. The molecule has 3 nitrogen and oxygen atoms in total. The lowest BCUT2D eigenvalue weighted by Crippen LogP contribution is -2.28. The Morgan fingerprint density at radius 2 is 0.618 bits per heavy atom. The standard InChI is InChI=1S/C52H35N3/c1-5-16-36(17-6-1)37-28-30-38(31-29-37)39-32-34-41(35-33-39)50-53-49(40-18-7-2-8-19-40)54-51(55-50)45-25-15-27-47-48(45)44-24-13-14-26-46(44)52(47,42-20-9-3-10-21-42)43-22-11-4-12-23-43/h1-35H. The van der Waals surface area contributed by atoms with E-state index in [4.69, 9.17) is 15.0 Å². The number of nitrogens with zero attached hydrogens (tertiary/aromatic N) is 3. The summed E-state index contributed by atoms with van der Waals surface area (Å²) in [6.07, 6.45) is 0. The zero-order valence-electron chi connectivity index (χ0n) is 30.0. The van der Waals surface area contributed by atoms with Crippen molar-refractivity contribution >= 4 is 0 Å². The van der Waals surface area contributed by atoms with Crippen LogP contribution in [0.2, 0.25) is 0 Å². The van der Waals surface area contributed by atoms with Gasteiger partial charge >= 0.3 is 0 Å². The third-order valence-electron chi connectivity index (χ3n) is 10.9. The van der Waals surface area contributed by atoms with Crippen molar-refractivity contribution in [3.05, 3.63) is 235 Å². The van der Waals surface area contributed by atoms with Crippen molar-refractivity contribution in [2.45, 2.75) is 5.41 Å². The molecule has 0 bridgehead atoms. The molecular formula is C52H35N3. The van der Waals surface area contributed by atoms with Gasteiger partial charge in [0.05, 0.1) is 5.41 Å². The summed E-state index contributed by atoms with van der Waals surface area (Å²) in [6.45, 7) is 0. The quantitative estimate of drug-likeness (QED) is 0.166. The Morgan fingerprint density at radius 1 is 0.255 bits per heavy atom. The van der Waals surface area contributed by atoms with Crippen LogP contribution < -0.4 is 0 Å². The van der Waals surface area contributed by atoms with E-state index in [1.54, 1.807) is 0 Å². The van der Waals surface area contributed by atoms with E-state index in [9.17, 15) is 0 Å². The Morgan fingerprint density at radius 3 is 1.16 bits per heavy atom. The van der Waals surface area contributed by atoms with Crippen molar-refractivity contribution < 1.29 is 0 Å². The molecule has 10 rings (SSSR count). The summed E-state index contributed by atoms with van der Waals surface area (Å²) in [6, 6.07) is 75.1. The number of hydrogen-bond acceptors (Lipinski definition) is 3. The zero-order chi connectivity index (χ0) is 36.6. The molecule has 3 heteroatoms. The van der Waals surface area contributed by atoms with Gasteiger partial charge in [0.25, 0.3) is 0 Å². The van der Waals surface area contributed by atoms with Gasteiger partial charge in [0.15, 0.2) is 17.5 Å². The van der Waals surface area contributed by atoms with Crippen molar-refractivity contribution in [1.29, 1.82) is 0 Å². The molecule has 0 amide bonds. The van der Waals surface area contributed by atoms with E-state index in [1.165, 1.54) is 38.9 Å². The Kier molecular flexibility index (Phi) is 8.04. The van der Waals surface area contributed by atoms with Crippen molar-refractivity contribution in [2.75, 3.05) is 0 Å². The van der Waals surface area contributed by atoms with E-state index < -0.39 is 5.41 Å². The van der Waals surface area contributed by atoms with E-state index in [2.05, 4.69) is 188 Å². The van der Waals surface area contributed by atoms with Crippen LogP contribution in [0.4, 0.5) is 0 Å². The van der Waals surface area contributed by atoms with Crippen LogP contribution in [0, 0.1) is 0 Å². The molecule has 0 atom stereocenters. The van der Waals surface area contributed by atoms with Gasteiger partial charge < -0.3 is 0 Å². The topological polar surface area (TPSA) is 38.7 Å². The lowest BCUT2D eigenvalue weighted by Gasteiger charge is -2.33. The monoisotopic (exact) mass is 701 g/mol. The van der Waals surface area contributed by atoms with Gasteiger partial charge in [0.2, 0.25) is 0 Å². The maximum absolute atomic E-state index is 5.27. The minimum atomic E-state index is -0.516. The Bertz CT molecular complexity index is 2720. The summed E-state index contributed by atoms with van der Waals surface area (Å²) in [5.74, 6) is 1.92. The fourth-order valence-electron chi connectivity index (χ4n) is 8.32. The van der Waals surface area contributed by atoms with Crippen LogP contribution in [-0.4, -0.2) is 15.0 Å². The summed E-state index contributed by atoms with van der Waals surface area (Å²) in [7, 11) is 0. The van der Waals surface area contributed by atoms with Gasteiger partial charge in [-0.3, -0.25) is 0 Å². The molecule has 0 unspecified atom stereocenters. The van der Waals surface area contributed by atoms with Crippen LogP contribution in [0.5, 0.6) is 0 Å². The van der Waals surface area contributed by atoms with Crippen LogP contribution >= 0.6 is 0 Å². The lowest BCUT2D eigenvalue weighted by atomic mass is 9.67. The molecule has 0 N–H and O–H groups in total. The molecule has 0 aliphatic heterocycles. The Hall–Kier alpha value is -7.23. The first-order valence-corrected chi connectivity index (χ1v) is 18.7. The summed E-state index contributed by atoms with van der Waals surface area (Å²) >= 11 is 0. The van der Waals surface area contributed by atoms with Crippen LogP contribution in [0.15, 0.2) is 212 Å². The first-order valence-electron chi connectivity index (χ1n) is 18.7. The Balaban J connectivity index is 1.13. The molecular weight excluding hydrogens is 667 g/mol. The second-order valence-corrected chi connectivity index (χ2v) is 13.9. The van der Waals surface area contributed by atoms with Gasteiger partial charge in [-0.15, -0.1) is 0 Å². The summed E-state index contributed by atoms with van der Waals surface area (Å²) in [5, 5.41) is 0. The minimum Gasteiger partial charge on any atom is -0.208 e. The van der Waals surface area contributed by atoms with Gasteiger partial charge in [0.1, 0.15) is 0 Å². The smallest absolute Gasteiger partial charge is 0.164 e. The van der Waals surface area contributed by atoms with E-state index in [0.29, 0.717) is 17.5 Å². The molecule has 0 saturated carbocycles. The zero-order valence-corrected chi connectivity index (χ0v) is 30.0. The predicted molar refractivity (Wildman–Crippen MR) is 224 cm³/mol. The van der Waals surface area contributed by atoms with Gasteiger partial charge in [-0.25, -0.2) is 15.0 Å². The SMILES string of the molecule is c1ccc(-c2ccc(-c3ccc(-c4nc(-c5ccccc5)nc(-c5cccc6c5-c5ccccc5C6(c5ccccc5)c5ccccc5)n4)cc3)cc2)cc1. The summed E-state index contributed by atoms with van der Waals surface area (Å²) < 4.78 is 0. The third-order valence-corrected chi connectivity index (χ3v) is 10.9. The van der Waals surface area contributed by atoms with Crippen molar-refractivity contribution in [2.24, 2.45) is 0 Å². The third kappa shape index (κ3) is 5.57. The number of fused-ring (bicyclic) bond motifs is 3.